The summed E-state index contributed by atoms with van der Waals surface area (Å²) in [5.41, 5.74) is 2.96. The Bertz CT molecular complexity index is 1120. The first-order valence-corrected chi connectivity index (χ1v) is 12.3. The van der Waals surface area contributed by atoms with Crippen LogP contribution in [0, 0.1) is 5.92 Å². The molecule has 0 N–H and O–H groups in total. The fourth-order valence-corrected chi connectivity index (χ4v) is 5.34. The standard InChI is InChI=1S/C27H30ClN3O2/c28-25-8-7-21(17-26(25)30-12-14-33-15-13-30)27(32)31-10-3-4-20(9-11-31)16-23-19-29-18-22-5-1-2-6-24(22)23/h1-2,5-8,17-20H,3-4,9-16H2. The zero-order valence-corrected chi connectivity index (χ0v) is 19.6. The molecule has 2 aromatic carbocycles. The van der Waals surface area contributed by atoms with Gasteiger partial charge in [-0.05, 0) is 60.7 Å². The Hall–Kier alpha value is -2.63. The quantitative estimate of drug-likeness (QED) is 0.532. The number of aromatic nitrogens is 1. The van der Waals surface area contributed by atoms with Crippen LogP contribution in [0.1, 0.15) is 35.2 Å². The van der Waals surface area contributed by atoms with Crippen LogP contribution < -0.4 is 4.90 Å². The minimum atomic E-state index is 0.105. The maximum absolute atomic E-state index is 13.4. The van der Waals surface area contributed by atoms with E-state index in [-0.39, 0.29) is 5.91 Å². The van der Waals surface area contributed by atoms with Gasteiger partial charge in [-0.2, -0.15) is 0 Å². The molecule has 1 aromatic heterocycles. The second kappa shape index (κ2) is 10.1. The lowest BCUT2D eigenvalue weighted by atomic mass is 9.91. The van der Waals surface area contributed by atoms with Crippen LogP contribution >= 0.6 is 11.6 Å². The van der Waals surface area contributed by atoms with Gasteiger partial charge in [0.1, 0.15) is 0 Å². The molecular weight excluding hydrogens is 434 g/mol. The molecule has 0 bridgehead atoms. The van der Waals surface area contributed by atoms with Crippen LogP contribution in [0.2, 0.25) is 5.02 Å². The zero-order chi connectivity index (χ0) is 22.6. The van der Waals surface area contributed by atoms with E-state index in [1.54, 1.807) is 0 Å². The van der Waals surface area contributed by atoms with E-state index in [2.05, 4.69) is 34.1 Å². The maximum atomic E-state index is 13.4. The molecule has 2 aliphatic heterocycles. The first-order valence-electron chi connectivity index (χ1n) is 11.9. The highest BCUT2D eigenvalue weighted by atomic mass is 35.5. The molecule has 1 unspecified atom stereocenters. The van der Waals surface area contributed by atoms with Crippen LogP contribution in [0.5, 0.6) is 0 Å². The third-order valence-electron chi connectivity index (χ3n) is 6.94. The second-order valence-corrected chi connectivity index (χ2v) is 9.49. The number of rotatable bonds is 4. The van der Waals surface area contributed by atoms with Gasteiger partial charge >= 0.3 is 0 Å². The highest BCUT2D eigenvalue weighted by molar-refractivity contribution is 6.33. The van der Waals surface area contributed by atoms with Crippen molar-refractivity contribution >= 4 is 34.0 Å². The number of morpholine rings is 1. The summed E-state index contributed by atoms with van der Waals surface area (Å²) in [6.45, 7) is 4.57. The zero-order valence-electron chi connectivity index (χ0n) is 18.9. The summed E-state index contributed by atoms with van der Waals surface area (Å²) < 4.78 is 5.46. The van der Waals surface area contributed by atoms with Crippen LogP contribution in [-0.4, -0.2) is 55.2 Å². The van der Waals surface area contributed by atoms with Crippen LogP contribution in [0.15, 0.2) is 54.9 Å². The molecule has 0 spiro atoms. The SMILES string of the molecule is O=C(c1ccc(Cl)c(N2CCOCC2)c1)N1CCCC(Cc2cncc3ccccc23)CC1. The van der Waals surface area contributed by atoms with Gasteiger partial charge in [0.25, 0.3) is 5.91 Å². The van der Waals surface area contributed by atoms with E-state index < -0.39 is 0 Å². The van der Waals surface area contributed by atoms with E-state index in [0.29, 0.717) is 24.2 Å². The molecule has 2 fully saturated rings. The van der Waals surface area contributed by atoms with Crippen LogP contribution in [0.25, 0.3) is 10.8 Å². The largest absolute Gasteiger partial charge is 0.378 e. The summed E-state index contributed by atoms with van der Waals surface area (Å²) >= 11 is 6.47. The molecule has 0 radical (unpaired) electrons. The lowest BCUT2D eigenvalue weighted by Crippen LogP contribution is -2.37. The average molecular weight is 464 g/mol. The number of likely N-dealkylation sites (tertiary alicyclic amines) is 1. The Labute approximate surface area is 200 Å². The molecule has 6 heteroatoms. The van der Waals surface area contributed by atoms with Gasteiger partial charge in [-0.3, -0.25) is 9.78 Å². The molecule has 1 atom stereocenters. The molecule has 3 heterocycles. The van der Waals surface area contributed by atoms with Gasteiger partial charge in [0.05, 0.1) is 23.9 Å². The van der Waals surface area contributed by atoms with Crippen molar-refractivity contribution in [2.45, 2.75) is 25.7 Å². The highest BCUT2D eigenvalue weighted by Crippen LogP contribution is 2.30. The Kier molecular flexibility index (Phi) is 6.79. The molecule has 5 rings (SSSR count). The van der Waals surface area contributed by atoms with Crippen molar-refractivity contribution in [2.75, 3.05) is 44.3 Å². The summed E-state index contributed by atoms with van der Waals surface area (Å²) in [4.78, 5) is 22.0. The van der Waals surface area contributed by atoms with Gasteiger partial charge in [-0.25, -0.2) is 0 Å². The molecule has 172 valence electrons. The number of benzene rings is 2. The Morgan fingerprint density at radius 3 is 2.76 bits per heavy atom. The number of pyridine rings is 1. The number of hydrogen-bond donors (Lipinski definition) is 0. The fourth-order valence-electron chi connectivity index (χ4n) is 5.10. The molecule has 0 saturated carbocycles. The summed E-state index contributed by atoms with van der Waals surface area (Å²) in [5, 5.41) is 3.17. The van der Waals surface area contributed by atoms with Gasteiger partial charge in [-0.15, -0.1) is 0 Å². The Balaban J connectivity index is 1.26. The van der Waals surface area contributed by atoms with E-state index in [0.717, 1.165) is 63.1 Å². The topological polar surface area (TPSA) is 45.7 Å². The first-order chi connectivity index (χ1) is 16.2. The number of hydrogen-bond acceptors (Lipinski definition) is 4. The van der Waals surface area contributed by atoms with Gasteiger partial charge in [-0.1, -0.05) is 35.9 Å². The van der Waals surface area contributed by atoms with E-state index >= 15 is 0 Å². The third-order valence-corrected chi connectivity index (χ3v) is 7.26. The van der Waals surface area contributed by atoms with E-state index in [4.69, 9.17) is 16.3 Å². The van der Waals surface area contributed by atoms with Gasteiger partial charge in [0.2, 0.25) is 0 Å². The van der Waals surface area contributed by atoms with E-state index in [9.17, 15) is 4.79 Å². The highest BCUT2D eigenvalue weighted by Gasteiger charge is 2.24. The third kappa shape index (κ3) is 4.99. The van der Waals surface area contributed by atoms with E-state index in [1.165, 1.54) is 16.3 Å². The molecule has 0 aliphatic carbocycles. The van der Waals surface area contributed by atoms with Crippen LogP contribution in [0.4, 0.5) is 5.69 Å². The number of fused-ring (bicyclic) bond motifs is 1. The van der Waals surface area contributed by atoms with Crippen molar-refractivity contribution in [3.8, 4) is 0 Å². The Morgan fingerprint density at radius 2 is 1.88 bits per heavy atom. The van der Waals surface area contributed by atoms with Gasteiger partial charge in [0.15, 0.2) is 0 Å². The molecule has 5 nitrogen and oxygen atoms in total. The molecule has 2 aliphatic rings. The predicted octanol–water partition coefficient (Wildman–Crippen LogP) is 5.21. The average Bonchev–Trinajstić information content (AvgIpc) is 3.10. The lowest BCUT2D eigenvalue weighted by Gasteiger charge is -2.30. The number of nitrogens with zero attached hydrogens (tertiary/aromatic N) is 3. The fraction of sp³-hybridized carbons (Fsp3) is 0.407. The summed E-state index contributed by atoms with van der Waals surface area (Å²) in [6, 6.07) is 14.1. The lowest BCUT2D eigenvalue weighted by molar-refractivity contribution is 0.0760. The summed E-state index contributed by atoms with van der Waals surface area (Å²) in [6.07, 6.45) is 8.13. The smallest absolute Gasteiger partial charge is 0.253 e. The second-order valence-electron chi connectivity index (χ2n) is 9.08. The molecule has 33 heavy (non-hydrogen) atoms. The molecule has 1 amide bonds. The molecular formula is C27H30ClN3O2. The molecule has 3 aromatic rings. The van der Waals surface area contributed by atoms with Crippen molar-refractivity contribution in [1.29, 1.82) is 0 Å². The predicted molar refractivity (Wildman–Crippen MR) is 133 cm³/mol. The maximum Gasteiger partial charge on any atom is 0.253 e. The Morgan fingerprint density at radius 1 is 1.03 bits per heavy atom. The first kappa shape index (κ1) is 22.2. The van der Waals surface area contributed by atoms with Crippen molar-refractivity contribution < 1.29 is 9.53 Å². The van der Waals surface area contributed by atoms with Crippen molar-refractivity contribution in [3.05, 3.63) is 71.0 Å². The number of halogens is 1. The van der Waals surface area contributed by atoms with E-state index in [1.807, 2.05) is 35.5 Å². The van der Waals surface area contributed by atoms with Crippen LogP contribution in [0.3, 0.4) is 0 Å². The minimum Gasteiger partial charge on any atom is -0.378 e. The van der Waals surface area contributed by atoms with Crippen molar-refractivity contribution in [1.82, 2.24) is 9.88 Å². The summed E-state index contributed by atoms with van der Waals surface area (Å²) in [5.74, 6) is 0.665. The van der Waals surface area contributed by atoms with Gasteiger partial charge in [0, 0.05) is 49.5 Å². The minimum absolute atomic E-state index is 0.105. The normalized spacial score (nSPS) is 19.5. The molecule has 2 saturated heterocycles. The number of carbonyl (C=O) groups excluding carboxylic acids is 1. The van der Waals surface area contributed by atoms with Gasteiger partial charge < -0.3 is 14.5 Å². The van der Waals surface area contributed by atoms with Crippen molar-refractivity contribution in [3.63, 3.8) is 0 Å². The van der Waals surface area contributed by atoms with Crippen LogP contribution in [-0.2, 0) is 11.2 Å². The monoisotopic (exact) mass is 463 g/mol. The number of amides is 1. The number of anilines is 1. The number of ether oxygens (including phenoxy) is 1. The summed E-state index contributed by atoms with van der Waals surface area (Å²) in [7, 11) is 0. The van der Waals surface area contributed by atoms with Crippen molar-refractivity contribution in [2.24, 2.45) is 5.92 Å². The number of carbonyl (C=O) groups is 1.